The summed E-state index contributed by atoms with van der Waals surface area (Å²) in [5.74, 6) is 0. The van der Waals surface area contributed by atoms with Crippen LogP contribution in [0.4, 0.5) is 0 Å². The average Bonchev–Trinajstić information content (AvgIpc) is 2.71. The molecule has 1 aliphatic heterocycles. The van der Waals surface area contributed by atoms with Crippen LogP contribution in [-0.4, -0.2) is 6.85 Å². The lowest BCUT2D eigenvalue weighted by Crippen LogP contribution is -2.24. The van der Waals surface area contributed by atoms with E-state index in [2.05, 4.69) is 23.8 Å². The molecule has 0 aromatic carbocycles. The molecular weight excluding hydrogens is 185 g/mol. The zero-order valence-corrected chi connectivity index (χ0v) is 9.87. The molecule has 1 heterocycles. The number of azide groups is 1. The van der Waals surface area contributed by atoms with Gasteiger partial charge in [0.05, 0.1) is 0 Å². The van der Waals surface area contributed by atoms with Crippen LogP contribution in [0.15, 0.2) is 5.03 Å². The van der Waals surface area contributed by atoms with Gasteiger partial charge in [-0.3, -0.25) is 0 Å². The molecule has 4 heteroatoms. The van der Waals surface area contributed by atoms with Gasteiger partial charge in [-0.05, 0) is 27.6 Å². The highest BCUT2D eigenvalue weighted by atomic mass is 15.1. The first-order chi connectivity index (χ1) is 7.12. The van der Waals surface area contributed by atoms with Gasteiger partial charge in [0, 0.05) is 0 Å². The van der Waals surface area contributed by atoms with E-state index in [-0.39, 0.29) is 6.85 Å². The van der Waals surface area contributed by atoms with Gasteiger partial charge in [-0.25, -0.2) is 0 Å². The van der Waals surface area contributed by atoms with Crippen LogP contribution >= 0.6 is 0 Å². The van der Waals surface area contributed by atoms with E-state index in [1.165, 1.54) is 38.5 Å². The first-order valence-electron chi connectivity index (χ1n) is 6.17. The van der Waals surface area contributed by atoms with Crippen LogP contribution in [0.2, 0.25) is 11.6 Å². The van der Waals surface area contributed by atoms with Crippen LogP contribution in [0.3, 0.4) is 0 Å². The number of rotatable bonds is 1. The van der Waals surface area contributed by atoms with Crippen LogP contribution in [-0.2, 0) is 0 Å². The summed E-state index contributed by atoms with van der Waals surface area (Å²) in [6, 6.07) is 0. The highest BCUT2D eigenvalue weighted by Crippen LogP contribution is 2.75. The van der Waals surface area contributed by atoms with Gasteiger partial charge in [0.1, 0.15) is 0 Å². The van der Waals surface area contributed by atoms with Crippen molar-refractivity contribution < 1.29 is 0 Å². The lowest BCUT2D eigenvalue weighted by atomic mass is 9.42. The first kappa shape index (κ1) is 10.9. The van der Waals surface area contributed by atoms with Crippen molar-refractivity contribution >= 4 is 6.85 Å². The van der Waals surface area contributed by atoms with Gasteiger partial charge in [0.2, 0.25) is 6.85 Å². The Morgan fingerprint density at radius 1 is 1.20 bits per heavy atom. The molecule has 1 spiro atoms. The summed E-state index contributed by atoms with van der Waals surface area (Å²) < 4.78 is 0. The molecule has 0 aromatic rings. The predicted octanol–water partition coefficient (Wildman–Crippen LogP) is 4.42. The van der Waals surface area contributed by atoms with Gasteiger partial charge < -0.3 is 0 Å². The Hall–Kier alpha value is -0.625. The van der Waals surface area contributed by atoms with Crippen molar-refractivity contribution in [2.75, 3.05) is 0 Å². The highest BCUT2D eigenvalue weighted by molar-refractivity contribution is 6.61. The van der Waals surface area contributed by atoms with Gasteiger partial charge in [-0.15, -0.1) is 5.03 Å². The van der Waals surface area contributed by atoms with Crippen molar-refractivity contribution in [3.05, 3.63) is 10.4 Å². The number of hydrogen-bond acceptors (Lipinski definition) is 1. The van der Waals surface area contributed by atoms with Crippen molar-refractivity contribution in [2.45, 2.75) is 64.0 Å². The Morgan fingerprint density at radius 2 is 1.87 bits per heavy atom. The van der Waals surface area contributed by atoms with Crippen molar-refractivity contribution in [2.24, 2.45) is 10.4 Å². The average molecular weight is 205 g/mol. The molecular formula is C11H20BN3. The Labute approximate surface area is 92.4 Å². The highest BCUT2D eigenvalue weighted by Gasteiger charge is 2.64. The van der Waals surface area contributed by atoms with Crippen LogP contribution in [0.1, 0.15) is 52.4 Å². The van der Waals surface area contributed by atoms with E-state index < -0.39 is 0 Å². The molecule has 1 saturated carbocycles. The fraction of sp³-hybridized carbons (Fsp3) is 1.00. The monoisotopic (exact) mass is 205 g/mol. The Bertz CT molecular complexity index is 296. The molecule has 1 aliphatic carbocycles. The zero-order chi connectivity index (χ0) is 10.9. The maximum Gasteiger partial charge on any atom is 0.250 e. The van der Waals surface area contributed by atoms with Gasteiger partial charge in [0.25, 0.3) is 0 Å². The normalized spacial score (nSPS) is 34.1. The molecule has 2 rings (SSSR count). The third kappa shape index (κ3) is 1.76. The molecule has 0 bridgehead atoms. The lowest BCUT2D eigenvalue weighted by Gasteiger charge is -2.27. The van der Waals surface area contributed by atoms with Gasteiger partial charge in [0.15, 0.2) is 0 Å². The van der Waals surface area contributed by atoms with E-state index in [1.807, 2.05) is 0 Å². The minimum absolute atomic E-state index is 0.262. The number of hydrogen-bond donors (Lipinski definition) is 0. The van der Waals surface area contributed by atoms with E-state index in [0.717, 1.165) is 6.32 Å². The van der Waals surface area contributed by atoms with Gasteiger partial charge >= 0.3 is 0 Å². The zero-order valence-electron chi connectivity index (χ0n) is 9.87. The molecule has 0 amide bonds. The van der Waals surface area contributed by atoms with Crippen LogP contribution < -0.4 is 0 Å². The molecule has 1 atom stereocenters. The third-order valence-electron chi connectivity index (χ3n) is 4.66. The Morgan fingerprint density at radius 3 is 2.47 bits per heavy atom. The summed E-state index contributed by atoms with van der Waals surface area (Å²) >= 11 is 0. The topological polar surface area (TPSA) is 48.8 Å². The fourth-order valence-corrected chi connectivity index (χ4v) is 3.55. The molecule has 2 fully saturated rings. The molecule has 1 unspecified atom stereocenters. The Balaban J connectivity index is 2.18. The molecule has 0 N–H and O–H groups in total. The standard InChI is InChI=1S/C11H20BN3/c1-10(2)9-11(10)7-5-3-4-6-8-12(11)14-15-13/h3-9H2,1-2H3. The van der Waals surface area contributed by atoms with Gasteiger partial charge in [-0.2, -0.15) is 0 Å². The summed E-state index contributed by atoms with van der Waals surface area (Å²) in [6.45, 7) is 4.92. The summed E-state index contributed by atoms with van der Waals surface area (Å²) in [5.41, 5.74) is 9.08. The van der Waals surface area contributed by atoms with Crippen molar-refractivity contribution in [3.8, 4) is 0 Å². The molecule has 15 heavy (non-hydrogen) atoms. The second-order valence-electron chi connectivity index (χ2n) is 5.89. The van der Waals surface area contributed by atoms with Crippen molar-refractivity contribution in [1.82, 2.24) is 0 Å². The molecule has 2 aliphatic rings. The molecule has 1 saturated heterocycles. The quantitative estimate of drug-likeness (QED) is 0.263. The second-order valence-corrected chi connectivity index (χ2v) is 5.89. The fourth-order valence-electron chi connectivity index (χ4n) is 3.55. The minimum Gasteiger partial charge on any atom is -0.148 e. The Kier molecular flexibility index (Phi) is 2.72. The first-order valence-corrected chi connectivity index (χ1v) is 6.17. The summed E-state index contributed by atoms with van der Waals surface area (Å²) in [5, 5.41) is 4.42. The molecule has 0 aromatic heterocycles. The summed E-state index contributed by atoms with van der Waals surface area (Å²) in [4.78, 5) is 3.06. The molecule has 3 nitrogen and oxygen atoms in total. The van der Waals surface area contributed by atoms with E-state index >= 15 is 0 Å². The third-order valence-corrected chi connectivity index (χ3v) is 4.66. The predicted molar refractivity (Wildman–Crippen MR) is 63.9 cm³/mol. The summed E-state index contributed by atoms with van der Waals surface area (Å²) in [7, 11) is 0. The smallest absolute Gasteiger partial charge is 0.148 e. The second kappa shape index (κ2) is 3.75. The van der Waals surface area contributed by atoms with E-state index in [1.54, 1.807) is 0 Å². The van der Waals surface area contributed by atoms with Crippen molar-refractivity contribution in [1.29, 1.82) is 0 Å². The maximum atomic E-state index is 8.67. The summed E-state index contributed by atoms with van der Waals surface area (Å²) in [6.07, 6.45) is 8.86. The van der Waals surface area contributed by atoms with E-state index in [0.29, 0.717) is 10.7 Å². The van der Waals surface area contributed by atoms with Crippen LogP contribution in [0.5, 0.6) is 0 Å². The minimum atomic E-state index is 0.262. The SMILES string of the molecule is CC1(C)CC12CCCCCCB2N=[N+]=[N-]. The molecule has 0 radical (unpaired) electrons. The van der Waals surface area contributed by atoms with Gasteiger partial charge in [-0.1, -0.05) is 52.3 Å². The number of nitrogens with zero attached hydrogens (tertiary/aromatic N) is 3. The molecule has 82 valence electrons. The lowest BCUT2D eigenvalue weighted by molar-refractivity contribution is 0.492. The van der Waals surface area contributed by atoms with E-state index in [4.69, 9.17) is 5.53 Å². The van der Waals surface area contributed by atoms with E-state index in [9.17, 15) is 0 Å². The van der Waals surface area contributed by atoms with Crippen molar-refractivity contribution in [3.63, 3.8) is 0 Å². The van der Waals surface area contributed by atoms with Crippen LogP contribution in [0.25, 0.3) is 10.4 Å². The largest absolute Gasteiger partial charge is 0.250 e. The maximum absolute atomic E-state index is 8.67. The van der Waals surface area contributed by atoms with Crippen LogP contribution in [0, 0.1) is 5.41 Å².